The summed E-state index contributed by atoms with van der Waals surface area (Å²) in [5.41, 5.74) is 2.37. The van der Waals surface area contributed by atoms with Gasteiger partial charge in [0.15, 0.2) is 5.82 Å². The monoisotopic (exact) mass is 443 g/mol. The first kappa shape index (κ1) is 19.9. The summed E-state index contributed by atoms with van der Waals surface area (Å²) < 4.78 is 19.9. The Labute approximate surface area is 170 Å². The summed E-state index contributed by atoms with van der Waals surface area (Å²) in [6, 6.07) is 10.1. The summed E-state index contributed by atoms with van der Waals surface area (Å²) in [5.74, 6) is 0.265. The number of rotatable bonds is 5. The van der Waals surface area contributed by atoms with Gasteiger partial charge in [-0.1, -0.05) is 47.1 Å². The lowest BCUT2D eigenvalue weighted by Gasteiger charge is -2.10. The van der Waals surface area contributed by atoms with Crippen molar-refractivity contribution in [2.45, 2.75) is 26.7 Å². The maximum Gasteiger partial charge on any atom is 0.260 e. The molecule has 5 nitrogen and oxygen atoms in total. The Morgan fingerprint density at radius 1 is 1.29 bits per heavy atom. The van der Waals surface area contributed by atoms with Gasteiger partial charge in [0.1, 0.15) is 5.82 Å². The van der Waals surface area contributed by atoms with Gasteiger partial charge in [-0.15, -0.1) is 0 Å². The van der Waals surface area contributed by atoms with Crippen LogP contribution in [0.4, 0.5) is 10.1 Å². The number of anilines is 1. The van der Waals surface area contributed by atoms with Gasteiger partial charge in [-0.25, -0.2) is 4.39 Å². The maximum absolute atomic E-state index is 13.8. The molecule has 0 spiro atoms. The number of amides is 1. The van der Waals surface area contributed by atoms with Crippen LogP contribution in [0.15, 0.2) is 51.5 Å². The standard InChI is InChI=1S/C21H19BrFN3O2/c1-12(2)20-25-21(28-26-20)16-6-4-5-13(3)19(16)24-18(27)10-7-14-11-15(22)8-9-17(14)23/h4-12H,1-3H3,(H,24,27)/b10-7+. The van der Waals surface area contributed by atoms with Gasteiger partial charge in [0.2, 0.25) is 5.91 Å². The molecule has 0 aliphatic carbocycles. The highest BCUT2D eigenvalue weighted by molar-refractivity contribution is 9.10. The lowest BCUT2D eigenvalue weighted by atomic mass is 10.1. The van der Waals surface area contributed by atoms with Gasteiger partial charge in [-0.05, 0) is 42.8 Å². The van der Waals surface area contributed by atoms with Crippen LogP contribution < -0.4 is 5.32 Å². The summed E-state index contributed by atoms with van der Waals surface area (Å²) >= 11 is 3.29. The third-order valence-corrected chi connectivity index (χ3v) is 4.58. The van der Waals surface area contributed by atoms with Crippen LogP contribution in [-0.2, 0) is 4.79 Å². The molecule has 0 saturated heterocycles. The van der Waals surface area contributed by atoms with Crippen LogP contribution in [0, 0.1) is 12.7 Å². The fraction of sp³-hybridized carbons (Fsp3) is 0.190. The SMILES string of the molecule is Cc1cccc(-c2nc(C(C)C)no2)c1NC(=O)/C=C/c1cc(Br)ccc1F. The van der Waals surface area contributed by atoms with Crippen LogP contribution in [0.25, 0.3) is 17.5 Å². The van der Waals surface area contributed by atoms with Gasteiger partial charge >= 0.3 is 0 Å². The van der Waals surface area contributed by atoms with E-state index in [0.717, 1.165) is 10.0 Å². The van der Waals surface area contributed by atoms with Crippen molar-refractivity contribution >= 4 is 33.6 Å². The molecule has 1 heterocycles. The molecule has 1 aromatic heterocycles. The van der Waals surface area contributed by atoms with E-state index in [1.54, 1.807) is 18.2 Å². The molecule has 0 aliphatic heterocycles. The molecular weight excluding hydrogens is 425 g/mol. The van der Waals surface area contributed by atoms with E-state index in [4.69, 9.17) is 4.52 Å². The minimum atomic E-state index is -0.407. The molecule has 28 heavy (non-hydrogen) atoms. The Morgan fingerprint density at radius 2 is 2.07 bits per heavy atom. The van der Waals surface area contributed by atoms with E-state index >= 15 is 0 Å². The van der Waals surface area contributed by atoms with E-state index in [-0.39, 0.29) is 5.92 Å². The minimum Gasteiger partial charge on any atom is -0.334 e. The topological polar surface area (TPSA) is 68.0 Å². The van der Waals surface area contributed by atoms with Crippen molar-refractivity contribution in [2.24, 2.45) is 0 Å². The van der Waals surface area contributed by atoms with E-state index < -0.39 is 11.7 Å². The maximum atomic E-state index is 13.8. The third kappa shape index (κ3) is 4.54. The number of aromatic nitrogens is 2. The Bertz CT molecular complexity index is 1040. The molecular formula is C21H19BrFN3O2. The molecule has 1 amide bonds. The van der Waals surface area contributed by atoms with E-state index in [1.807, 2.05) is 32.9 Å². The highest BCUT2D eigenvalue weighted by Gasteiger charge is 2.17. The molecule has 0 fully saturated rings. The molecule has 0 saturated carbocycles. The number of hydrogen-bond acceptors (Lipinski definition) is 4. The molecule has 2 aromatic carbocycles. The molecule has 3 rings (SSSR count). The zero-order chi connectivity index (χ0) is 20.3. The number of hydrogen-bond donors (Lipinski definition) is 1. The van der Waals surface area contributed by atoms with Gasteiger partial charge in [0.05, 0.1) is 11.3 Å². The Hall–Kier alpha value is -2.80. The average molecular weight is 444 g/mol. The molecule has 3 aromatic rings. The van der Waals surface area contributed by atoms with Gasteiger partial charge in [0, 0.05) is 22.0 Å². The number of nitrogens with one attached hydrogen (secondary N) is 1. The average Bonchev–Trinajstić information content (AvgIpc) is 3.14. The van der Waals surface area contributed by atoms with E-state index in [9.17, 15) is 9.18 Å². The first-order valence-corrected chi connectivity index (χ1v) is 9.52. The molecule has 144 valence electrons. The fourth-order valence-corrected chi connectivity index (χ4v) is 2.94. The number of nitrogens with zero attached hydrogens (tertiary/aromatic N) is 2. The normalized spacial score (nSPS) is 11.4. The summed E-state index contributed by atoms with van der Waals surface area (Å²) in [7, 11) is 0. The van der Waals surface area contributed by atoms with E-state index in [2.05, 4.69) is 31.4 Å². The molecule has 0 atom stereocenters. The molecule has 7 heteroatoms. The van der Waals surface area contributed by atoms with Gasteiger partial charge in [-0.3, -0.25) is 4.79 Å². The van der Waals surface area contributed by atoms with Crippen molar-refractivity contribution in [1.29, 1.82) is 0 Å². The third-order valence-electron chi connectivity index (χ3n) is 4.08. The quantitative estimate of drug-likeness (QED) is 0.511. The van der Waals surface area contributed by atoms with Crippen LogP contribution in [0.1, 0.15) is 36.7 Å². The first-order valence-electron chi connectivity index (χ1n) is 8.73. The lowest BCUT2D eigenvalue weighted by Crippen LogP contribution is -2.10. The van der Waals surface area contributed by atoms with Crippen molar-refractivity contribution in [1.82, 2.24) is 10.1 Å². The zero-order valence-electron chi connectivity index (χ0n) is 15.7. The molecule has 1 N–H and O–H groups in total. The van der Waals surface area contributed by atoms with Crippen molar-refractivity contribution in [3.05, 3.63) is 69.7 Å². The van der Waals surface area contributed by atoms with Gasteiger partial charge < -0.3 is 9.84 Å². The van der Waals surface area contributed by atoms with Crippen LogP contribution in [0.3, 0.4) is 0 Å². The zero-order valence-corrected chi connectivity index (χ0v) is 17.2. The summed E-state index contributed by atoms with van der Waals surface area (Å²) in [4.78, 5) is 16.8. The second-order valence-corrected chi connectivity index (χ2v) is 7.51. The Kier molecular flexibility index (Phi) is 6.04. The summed E-state index contributed by atoms with van der Waals surface area (Å²) in [6.07, 6.45) is 2.71. The number of aryl methyl sites for hydroxylation is 1. The number of halogens is 2. The summed E-state index contributed by atoms with van der Waals surface area (Å²) in [5, 5.41) is 6.81. The second kappa shape index (κ2) is 8.48. The first-order chi connectivity index (χ1) is 13.3. The van der Waals surface area contributed by atoms with Crippen molar-refractivity contribution < 1.29 is 13.7 Å². The molecule has 0 radical (unpaired) electrons. The predicted octanol–water partition coefficient (Wildman–Crippen LogP) is 5.72. The number of carbonyl (C=O) groups excluding carboxylic acids is 1. The molecule has 0 bridgehead atoms. The highest BCUT2D eigenvalue weighted by Crippen LogP contribution is 2.30. The molecule has 0 aliphatic rings. The van der Waals surface area contributed by atoms with Crippen LogP contribution >= 0.6 is 15.9 Å². The Morgan fingerprint density at radius 3 is 2.79 bits per heavy atom. The lowest BCUT2D eigenvalue weighted by molar-refractivity contribution is -0.111. The van der Waals surface area contributed by atoms with E-state index in [1.165, 1.54) is 18.2 Å². The highest BCUT2D eigenvalue weighted by atomic mass is 79.9. The largest absolute Gasteiger partial charge is 0.334 e. The molecule has 0 unspecified atom stereocenters. The van der Waals surface area contributed by atoms with Crippen LogP contribution in [0.5, 0.6) is 0 Å². The van der Waals surface area contributed by atoms with Crippen LogP contribution in [-0.4, -0.2) is 16.0 Å². The smallest absolute Gasteiger partial charge is 0.260 e. The van der Waals surface area contributed by atoms with E-state index in [0.29, 0.717) is 28.5 Å². The predicted molar refractivity (Wildman–Crippen MR) is 110 cm³/mol. The summed E-state index contributed by atoms with van der Waals surface area (Å²) in [6.45, 7) is 5.81. The van der Waals surface area contributed by atoms with Crippen molar-refractivity contribution in [3.63, 3.8) is 0 Å². The van der Waals surface area contributed by atoms with Crippen LogP contribution in [0.2, 0.25) is 0 Å². The Balaban J connectivity index is 1.86. The van der Waals surface area contributed by atoms with Gasteiger partial charge in [0.25, 0.3) is 5.89 Å². The van der Waals surface area contributed by atoms with Crippen molar-refractivity contribution in [3.8, 4) is 11.5 Å². The minimum absolute atomic E-state index is 0.128. The number of para-hydroxylation sites is 1. The van der Waals surface area contributed by atoms with Gasteiger partial charge in [-0.2, -0.15) is 4.98 Å². The number of benzene rings is 2. The van der Waals surface area contributed by atoms with Crippen molar-refractivity contribution in [2.75, 3.05) is 5.32 Å². The number of carbonyl (C=O) groups is 1. The second-order valence-electron chi connectivity index (χ2n) is 6.60. The fourth-order valence-electron chi connectivity index (χ4n) is 2.56.